The first kappa shape index (κ1) is 39.6. The first-order valence-corrected chi connectivity index (χ1v) is 23.5. The van der Waals surface area contributed by atoms with E-state index in [1.165, 1.54) is 50.3 Å². The molecule has 67 heavy (non-hydrogen) atoms. The molecule has 5 heteroatoms. The third-order valence-corrected chi connectivity index (χ3v) is 14.4. The molecule has 2 aliphatic heterocycles. The highest BCUT2D eigenvalue weighted by atomic mass is 16.3. The zero-order valence-corrected chi connectivity index (χ0v) is 38.7. The lowest BCUT2D eigenvalue weighted by Crippen LogP contribution is -2.61. The molecule has 0 fully saturated rings. The third-order valence-electron chi connectivity index (χ3n) is 14.4. The van der Waals surface area contributed by atoms with Gasteiger partial charge >= 0.3 is 0 Å². The van der Waals surface area contributed by atoms with Gasteiger partial charge in [-0.2, -0.15) is 0 Å². The number of para-hydroxylation sites is 4. The van der Waals surface area contributed by atoms with Gasteiger partial charge < -0.3 is 18.6 Å². The van der Waals surface area contributed by atoms with Crippen molar-refractivity contribution in [2.45, 2.75) is 52.4 Å². The van der Waals surface area contributed by atoms with Crippen molar-refractivity contribution in [2.24, 2.45) is 0 Å². The Morgan fingerprint density at radius 3 is 1.25 bits per heavy atom. The molecule has 0 saturated heterocycles. The summed E-state index contributed by atoms with van der Waals surface area (Å²) in [7, 11) is 0. The van der Waals surface area contributed by atoms with Crippen LogP contribution in [0, 0.1) is 0 Å². The number of hydrogen-bond acceptors (Lipinski definition) is 4. The van der Waals surface area contributed by atoms with Crippen molar-refractivity contribution in [1.29, 1.82) is 0 Å². The van der Waals surface area contributed by atoms with E-state index in [4.69, 9.17) is 8.83 Å². The van der Waals surface area contributed by atoms with Crippen LogP contribution in [-0.4, -0.2) is 6.71 Å². The Morgan fingerprint density at radius 1 is 0.373 bits per heavy atom. The molecule has 9 aromatic carbocycles. The Balaban J connectivity index is 1.04. The van der Waals surface area contributed by atoms with Gasteiger partial charge in [0.2, 0.25) is 0 Å². The van der Waals surface area contributed by atoms with Crippen molar-refractivity contribution in [3.05, 3.63) is 199 Å². The molecule has 0 amide bonds. The van der Waals surface area contributed by atoms with Crippen molar-refractivity contribution >= 4 is 101 Å². The van der Waals surface area contributed by atoms with E-state index in [1.54, 1.807) is 0 Å². The molecule has 2 aromatic heterocycles. The van der Waals surface area contributed by atoms with E-state index in [2.05, 4.69) is 227 Å². The highest BCUT2D eigenvalue weighted by Crippen LogP contribution is 2.47. The summed E-state index contributed by atoms with van der Waals surface area (Å²) in [5.41, 5.74) is 21.4. The van der Waals surface area contributed by atoms with Crippen molar-refractivity contribution < 1.29 is 8.83 Å². The number of benzene rings is 9. The molecule has 4 nitrogen and oxygen atoms in total. The first-order chi connectivity index (χ1) is 32.5. The number of furan rings is 2. The molecule has 0 unspecified atom stereocenters. The minimum atomic E-state index is -0.0534. The van der Waals surface area contributed by atoms with E-state index in [9.17, 15) is 0 Å². The van der Waals surface area contributed by atoms with E-state index in [1.807, 2.05) is 12.1 Å². The van der Waals surface area contributed by atoms with Gasteiger partial charge in [0, 0.05) is 66.8 Å². The fraction of sp³-hybridized carbons (Fsp3) is 0.129. The standard InChI is InChI=1S/C62H49BN2O2/c1-61(2,3)40-30-32-50-54(36-40)64(42-18-11-16-38(34-42)44-22-13-24-48-46-20-7-9-28-56(46)66-59(44)48)52-26-15-27-53-58(52)63(50)51-33-31-41(62(4,5)6)37-55(51)65(53)43-19-12-17-39(35-43)45-23-14-25-49-47-21-8-10-29-57(47)67-60(45)49/h7-37H,1-6H3. The van der Waals surface area contributed by atoms with Crippen molar-refractivity contribution in [1.82, 2.24) is 0 Å². The zero-order valence-electron chi connectivity index (χ0n) is 38.7. The second-order valence-electron chi connectivity index (χ2n) is 20.5. The SMILES string of the molecule is CC(C)(C)c1ccc2c(c1)N(c1cccc(-c3cccc4c3oc3ccccc34)c1)c1cccc3c1B2c1ccc(C(C)(C)C)cc1N3c1cccc(-c2cccc3c2oc2ccccc23)c1. The van der Waals surface area contributed by atoms with Crippen LogP contribution in [0.25, 0.3) is 66.1 Å². The maximum atomic E-state index is 6.60. The van der Waals surface area contributed by atoms with Crippen molar-refractivity contribution in [2.75, 3.05) is 9.80 Å². The van der Waals surface area contributed by atoms with E-state index in [0.29, 0.717) is 0 Å². The minimum absolute atomic E-state index is 0.00620. The summed E-state index contributed by atoms with van der Waals surface area (Å²) < 4.78 is 13.2. The van der Waals surface area contributed by atoms with Crippen LogP contribution >= 0.6 is 0 Å². The van der Waals surface area contributed by atoms with Crippen LogP contribution in [0.2, 0.25) is 0 Å². The molecular formula is C62H49BN2O2. The van der Waals surface area contributed by atoms with E-state index in [-0.39, 0.29) is 17.5 Å². The summed E-state index contributed by atoms with van der Waals surface area (Å²) in [4.78, 5) is 5.04. The quantitative estimate of drug-likeness (QED) is 0.165. The Kier molecular flexibility index (Phi) is 8.49. The molecule has 0 N–H and O–H groups in total. The lowest BCUT2D eigenvalue weighted by atomic mass is 9.33. The van der Waals surface area contributed by atoms with Gasteiger partial charge in [0.1, 0.15) is 22.3 Å². The van der Waals surface area contributed by atoms with Gasteiger partial charge in [-0.15, -0.1) is 0 Å². The number of rotatable bonds is 4. The number of hydrogen-bond donors (Lipinski definition) is 0. The Bertz CT molecular complexity index is 3580. The minimum Gasteiger partial charge on any atom is -0.455 e. The monoisotopic (exact) mass is 864 g/mol. The fourth-order valence-corrected chi connectivity index (χ4v) is 11.0. The van der Waals surface area contributed by atoms with Crippen molar-refractivity contribution in [3.8, 4) is 22.3 Å². The summed E-state index contributed by atoms with van der Waals surface area (Å²) in [6.45, 7) is 13.9. The molecule has 0 aliphatic carbocycles. The maximum Gasteiger partial charge on any atom is 0.252 e. The van der Waals surface area contributed by atoms with Gasteiger partial charge in [0.15, 0.2) is 0 Å². The second kappa shape index (κ2) is 14.4. The molecule has 0 spiro atoms. The summed E-state index contributed by atoms with van der Waals surface area (Å²) in [5, 5.41) is 4.52. The van der Waals surface area contributed by atoms with Gasteiger partial charge in [-0.1, -0.05) is 169 Å². The number of fused-ring (bicyclic) bond motifs is 10. The lowest BCUT2D eigenvalue weighted by molar-refractivity contribution is 0.590. The number of nitrogens with zero attached hydrogens (tertiary/aromatic N) is 2. The summed E-state index contributed by atoms with van der Waals surface area (Å²) >= 11 is 0. The predicted octanol–water partition coefficient (Wildman–Crippen LogP) is 15.5. The normalized spacial score (nSPS) is 13.4. The molecule has 0 radical (unpaired) electrons. The Morgan fingerprint density at radius 2 is 0.791 bits per heavy atom. The third kappa shape index (κ3) is 6.07. The van der Waals surface area contributed by atoms with Crippen LogP contribution in [-0.2, 0) is 10.8 Å². The molecule has 13 rings (SSSR count). The smallest absolute Gasteiger partial charge is 0.252 e. The zero-order chi connectivity index (χ0) is 45.3. The van der Waals surface area contributed by atoms with Crippen molar-refractivity contribution in [3.63, 3.8) is 0 Å². The van der Waals surface area contributed by atoms with Crippen LogP contribution in [0.1, 0.15) is 52.7 Å². The molecule has 0 bridgehead atoms. The lowest BCUT2D eigenvalue weighted by Gasteiger charge is -2.45. The van der Waals surface area contributed by atoms with E-state index >= 15 is 0 Å². The highest BCUT2D eigenvalue weighted by Gasteiger charge is 2.44. The summed E-state index contributed by atoms with van der Waals surface area (Å²) in [6, 6.07) is 69.1. The highest BCUT2D eigenvalue weighted by molar-refractivity contribution is 7.00. The van der Waals surface area contributed by atoms with Gasteiger partial charge in [-0.3, -0.25) is 0 Å². The average Bonchev–Trinajstić information content (AvgIpc) is 3.92. The van der Waals surface area contributed by atoms with Crippen LogP contribution in [0.5, 0.6) is 0 Å². The van der Waals surface area contributed by atoms with Crippen LogP contribution < -0.4 is 26.2 Å². The van der Waals surface area contributed by atoms with Gasteiger partial charge in [0.25, 0.3) is 6.71 Å². The predicted molar refractivity (Wildman–Crippen MR) is 283 cm³/mol. The topological polar surface area (TPSA) is 32.8 Å². The van der Waals surface area contributed by atoms with Gasteiger partial charge in [-0.25, -0.2) is 0 Å². The fourth-order valence-electron chi connectivity index (χ4n) is 11.0. The van der Waals surface area contributed by atoms with E-state index in [0.717, 1.165) is 77.5 Å². The van der Waals surface area contributed by atoms with Crippen LogP contribution in [0.4, 0.5) is 34.1 Å². The van der Waals surface area contributed by atoms with E-state index < -0.39 is 0 Å². The Labute approximate surface area is 391 Å². The van der Waals surface area contributed by atoms with Gasteiger partial charge in [0.05, 0.1) is 0 Å². The molecule has 0 atom stereocenters. The molecule has 0 saturated carbocycles. The second-order valence-corrected chi connectivity index (χ2v) is 20.5. The first-order valence-electron chi connectivity index (χ1n) is 23.5. The number of anilines is 6. The largest absolute Gasteiger partial charge is 0.455 e. The average molecular weight is 865 g/mol. The van der Waals surface area contributed by atoms with Crippen LogP contribution in [0.15, 0.2) is 197 Å². The molecule has 2 aliphatic rings. The summed E-state index contributed by atoms with van der Waals surface area (Å²) in [6.07, 6.45) is 0. The van der Waals surface area contributed by atoms with Gasteiger partial charge in [-0.05, 0) is 110 Å². The van der Waals surface area contributed by atoms with Crippen LogP contribution in [0.3, 0.4) is 0 Å². The Hall–Kier alpha value is -7.76. The molecule has 322 valence electrons. The maximum absolute atomic E-state index is 6.60. The molecular weight excluding hydrogens is 816 g/mol. The molecule has 4 heterocycles. The summed E-state index contributed by atoms with van der Waals surface area (Å²) in [5.74, 6) is 0. The molecule has 11 aromatic rings.